The molecule has 0 atom stereocenters. The smallest absolute Gasteiger partial charge is 0.164 e. The number of rotatable bonds is 6. The Morgan fingerprint density at radius 2 is 0.551 bits per heavy atom. The summed E-state index contributed by atoms with van der Waals surface area (Å²) in [6, 6.07) is 61.8. The van der Waals surface area contributed by atoms with Crippen molar-refractivity contribution in [2.75, 3.05) is 0 Å². The lowest BCUT2D eigenvalue weighted by molar-refractivity contribution is 1.07. The minimum Gasteiger partial charge on any atom is -0.208 e. The first kappa shape index (κ1) is 28.7. The highest BCUT2D eigenvalue weighted by atomic mass is 15.0. The second-order valence-electron chi connectivity index (χ2n) is 12.4. The normalized spacial score (nSPS) is 11.6. The van der Waals surface area contributed by atoms with Crippen molar-refractivity contribution >= 4 is 0 Å². The van der Waals surface area contributed by atoms with E-state index in [4.69, 9.17) is 15.0 Å². The molecular formula is C46H31N3. The lowest BCUT2D eigenvalue weighted by Gasteiger charge is -2.11. The largest absolute Gasteiger partial charge is 0.208 e. The second-order valence-corrected chi connectivity index (χ2v) is 12.4. The minimum absolute atomic E-state index is 0.660. The van der Waals surface area contributed by atoms with Crippen LogP contribution in [0.2, 0.25) is 0 Å². The zero-order valence-corrected chi connectivity index (χ0v) is 26.8. The maximum Gasteiger partial charge on any atom is 0.164 e. The summed E-state index contributed by atoms with van der Waals surface area (Å²) in [5, 5.41) is 0. The Kier molecular flexibility index (Phi) is 7.21. The third kappa shape index (κ3) is 5.42. The summed E-state index contributed by atoms with van der Waals surface area (Å²) in [4.78, 5) is 14.7. The van der Waals surface area contributed by atoms with Crippen LogP contribution in [-0.2, 0) is 6.42 Å². The predicted molar refractivity (Wildman–Crippen MR) is 201 cm³/mol. The molecular weight excluding hydrogens is 595 g/mol. The van der Waals surface area contributed by atoms with E-state index in [-0.39, 0.29) is 0 Å². The van der Waals surface area contributed by atoms with Crippen molar-refractivity contribution in [1.29, 1.82) is 0 Å². The number of hydrogen-bond acceptors (Lipinski definition) is 3. The van der Waals surface area contributed by atoms with E-state index in [1.54, 1.807) is 0 Å². The van der Waals surface area contributed by atoms with E-state index in [0.29, 0.717) is 17.5 Å². The van der Waals surface area contributed by atoms with Gasteiger partial charge in [0.05, 0.1) is 0 Å². The molecule has 3 heteroatoms. The highest BCUT2D eigenvalue weighted by Gasteiger charge is 2.24. The van der Waals surface area contributed by atoms with Gasteiger partial charge in [0.25, 0.3) is 0 Å². The van der Waals surface area contributed by atoms with Crippen LogP contribution in [0.4, 0.5) is 0 Å². The van der Waals surface area contributed by atoms with Crippen LogP contribution in [0.5, 0.6) is 0 Å². The lowest BCUT2D eigenvalue weighted by Crippen LogP contribution is -2.00. The van der Waals surface area contributed by atoms with Crippen molar-refractivity contribution < 1.29 is 0 Å². The third-order valence-corrected chi connectivity index (χ3v) is 9.45. The lowest BCUT2D eigenvalue weighted by atomic mass is 9.94. The Morgan fingerprint density at radius 3 is 0.980 bits per heavy atom. The Hall–Kier alpha value is -6.45. The molecule has 0 spiro atoms. The maximum absolute atomic E-state index is 4.93. The van der Waals surface area contributed by atoms with Crippen molar-refractivity contribution in [3.63, 3.8) is 0 Å². The Morgan fingerprint density at radius 1 is 0.245 bits per heavy atom. The van der Waals surface area contributed by atoms with E-state index >= 15 is 0 Å². The van der Waals surface area contributed by atoms with Gasteiger partial charge in [0.2, 0.25) is 0 Å². The molecule has 8 aromatic rings. The molecule has 0 amide bonds. The van der Waals surface area contributed by atoms with E-state index in [9.17, 15) is 0 Å². The Bertz CT molecular complexity index is 2360. The standard InChI is InChI=1S/C46H31N3/c1-4-12-31(13-5-1)32-22-24-33(25-23-32)38-18-10-20-40-41-21-11-19-39(43(41)30-42(38)40)34-26-28-37(29-27-34)46-48-44(35-14-6-2-7-15-35)47-45(49-46)36-16-8-3-9-17-36/h1-29H,30H2. The average Bonchev–Trinajstić information content (AvgIpc) is 3.58. The van der Waals surface area contributed by atoms with E-state index in [0.717, 1.165) is 23.1 Å². The van der Waals surface area contributed by atoms with Gasteiger partial charge in [-0.05, 0) is 62.1 Å². The summed E-state index contributed by atoms with van der Waals surface area (Å²) in [5.41, 5.74) is 15.7. The quantitative estimate of drug-likeness (QED) is 0.185. The van der Waals surface area contributed by atoms with Crippen molar-refractivity contribution in [2.24, 2.45) is 0 Å². The zero-order valence-electron chi connectivity index (χ0n) is 26.8. The topological polar surface area (TPSA) is 38.7 Å². The summed E-state index contributed by atoms with van der Waals surface area (Å²) in [6.07, 6.45) is 0.896. The number of hydrogen-bond donors (Lipinski definition) is 0. The first-order chi connectivity index (χ1) is 24.3. The first-order valence-electron chi connectivity index (χ1n) is 16.7. The van der Waals surface area contributed by atoms with Gasteiger partial charge in [-0.2, -0.15) is 0 Å². The first-order valence-corrected chi connectivity index (χ1v) is 16.7. The van der Waals surface area contributed by atoms with Crippen LogP contribution < -0.4 is 0 Å². The number of nitrogens with zero attached hydrogens (tertiary/aromatic N) is 3. The molecule has 1 aliphatic rings. The molecule has 3 nitrogen and oxygen atoms in total. The van der Waals surface area contributed by atoms with Crippen LogP contribution >= 0.6 is 0 Å². The van der Waals surface area contributed by atoms with Gasteiger partial charge in [-0.3, -0.25) is 0 Å². The van der Waals surface area contributed by atoms with Crippen LogP contribution in [0.15, 0.2) is 176 Å². The molecule has 0 saturated heterocycles. The molecule has 1 aromatic heterocycles. The van der Waals surface area contributed by atoms with Gasteiger partial charge in [0.1, 0.15) is 0 Å². The Balaban J connectivity index is 1.05. The molecule has 0 fully saturated rings. The fourth-order valence-electron chi connectivity index (χ4n) is 6.99. The van der Waals surface area contributed by atoms with Gasteiger partial charge in [-0.25, -0.2) is 15.0 Å². The molecule has 49 heavy (non-hydrogen) atoms. The van der Waals surface area contributed by atoms with Crippen LogP contribution in [0.3, 0.4) is 0 Å². The van der Waals surface area contributed by atoms with Gasteiger partial charge in [-0.1, -0.05) is 176 Å². The van der Waals surface area contributed by atoms with Crippen LogP contribution in [0, 0.1) is 0 Å². The summed E-state index contributed by atoms with van der Waals surface area (Å²) in [5.74, 6) is 1.99. The molecule has 0 unspecified atom stereocenters. The molecule has 9 rings (SSSR count). The van der Waals surface area contributed by atoms with Crippen molar-refractivity contribution in [2.45, 2.75) is 6.42 Å². The fraction of sp³-hybridized carbons (Fsp3) is 0.0217. The summed E-state index contributed by atoms with van der Waals surface area (Å²) in [7, 11) is 0. The molecule has 1 aliphatic carbocycles. The number of benzene rings is 7. The zero-order chi connectivity index (χ0) is 32.6. The molecule has 0 bridgehead atoms. The van der Waals surface area contributed by atoms with Gasteiger partial charge in [-0.15, -0.1) is 0 Å². The monoisotopic (exact) mass is 625 g/mol. The van der Waals surface area contributed by atoms with Crippen LogP contribution in [0.1, 0.15) is 11.1 Å². The van der Waals surface area contributed by atoms with E-state index in [1.807, 2.05) is 60.7 Å². The maximum atomic E-state index is 4.93. The molecule has 0 aliphatic heterocycles. The number of fused-ring (bicyclic) bond motifs is 3. The minimum atomic E-state index is 0.660. The Labute approximate surface area is 286 Å². The molecule has 0 radical (unpaired) electrons. The molecule has 230 valence electrons. The van der Waals surface area contributed by atoms with Crippen molar-refractivity contribution in [3.05, 3.63) is 187 Å². The third-order valence-electron chi connectivity index (χ3n) is 9.45. The van der Waals surface area contributed by atoms with E-state index in [2.05, 4.69) is 115 Å². The van der Waals surface area contributed by atoms with E-state index in [1.165, 1.54) is 55.6 Å². The SMILES string of the molecule is c1ccc(-c2ccc(-c3cccc4c3Cc3c(-c5ccc(-c6nc(-c7ccccc7)nc(-c7ccccc7)n6)cc5)cccc3-4)cc2)cc1. The van der Waals surface area contributed by atoms with Crippen molar-refractivity contribution in [3.8, 4) is 78.7 Å². The predicted octanol–water partition coefficient (Wildman–Crippen LogP) is 11.4. The van der Waals surface area contributed by atoms with Gasteiger partial charge in [0.15, 0.2) is 17.5 Å². The van der Waals surface area contributed by atoms with Gasteiger partial charge in [0, 0.05) is 16.7 Å². The van der Waals surface area contributed by atoms with Crippen LogP contribution in [-0.4, -0.2) is 15.0 Å². The molecule has 1 heterocycles. The fourth-order valence-corrected chi connectivity index (χ4v) is 6.99. The summed E-state index contributed by atoms with van der Waals surface area (Å²) < 4.78 is 0. The number of aromatic nitrogens is 3. The average molecular weight is 626 g/mol. The highest BCUT2D eigenvalue weighted by molar-refractivity contribution is 5.90. The molecule has 0 saturated carbocycles. The summed E-state index contributed by atoms with van der Waals surface area (Å²) in [6.45, 7) is 0. The molecule has 7 aromatic carbocycles. The van der Waals surface area contributed by atoms with Gasteiger partial charge < -0.3 is 0 Å². The highest BCUT2D eigenvalue weighted by Crippen LogP contribution is 2.45. The second kappa shape index (κ2) is 12.3. The summed E-state index contributed by atoms with van der Waals surface area (Å²) >= 11 is 0. The van der Waals surface area contributed by atoms with E-state index < -0.39 is 0 Å². The van der Waals surface area contributed by atoms with Crippen molar-refractivity contribution in [1.82, 2.24) is 15.0 Å². The molecule has 0 N–H and O–H groups in total. The van der Waals surface area contributed by atoms with Gasteiger partial charge >= 0.3 is 0 Å². The van der Waals surface area contributed by atoms with Crippen LogP contribution in [0.25, 0.3) is 78.7 Å².